The Balaban J connectivity index is 0.000000853. The lowest BCUT2D eigenvalue weighted by molar-refractivity contribution is 0.637. The van der Waals surface area contributed by atoms with Crippen molar-refractivity contribution in [1.82, 2.24) is 10.3 Å². The van der Waals surface area contributed by atoms with E-state index < -0.39 is 0 Å². The first-order chi connectivity index (χ1) is 6.86. The second kappa shape index (κ2) is 4.16. The molecule has 0 saturated heterocycles. The fourth-order valence-corrected chi connectivity index (χ4v) is 2.62. The van der Waals surface area contributed by atoms with Gasteiger partial charge in [-0.05, 0) is 40.5 Å². The van der Waals surface area contributed by atoms with Crippen LogP contribution in [-0.2, 0) is 13.0 Å². The molecule has 1 aliphatic heterocycles. The van der Waals surface area contributed by atoms with Gasteiger partial charge in [0.05, 0.1) is 5.52 Å². The van der Waals surface area contributed by atoms with Crippen molar-refractivity contribution in [3.8, 4) is 0 Å². The standard InChI is InChI=1S/C11H11BrN2.ClH/c12-9-3-1-2-8-7-4-5-13-6-10(7)14-11(8)9;/h1-3,13-14H,4-6H2;1H. The Morgan fingerprint density at radius 1 is 1.27 bits per heavy atom. The van der Waals surface area contributed by atoms with E-state index in [2.05, 4.69) is 44.4 Å². The molecule has 0 aliphatic carbocycles. The first-order valence-corrected chi connectivity index (χ1v) is 5.64. The number of aromatic nitrogens is 1. The molecule has 0 bridgehead atoms. The van der Waals surface area contributed by atoms with Gasteiger partial charge in [0.2, 0.25) is 0 Å². The lowest BCUT2D eigenvalue weighted by atomic mass is 10.1. The Bertz CT molecular complexity index is 493. The molecule has 80 valence electrons. The lowest BCUT2D eigenvalue weighted by Crippen LogP contribution is -2.22. The van der Waals surface area contributed by atoms with Crippen LogP contribution in [0.3, 0.4) is 0 Å². The van der Waals surface area contributed by atoms with Crippen LogP contribution in [-0.4, -0.2) is 11.5 Å². The van der Waals surface area contributed by atoms with Crippen LogP contribution in [0, 0.1) is 0 Å². The maximum Gasteiger partial charge on any atom is 0.0603 e. The predicted octanol–water partition coefficient (Wildman–Crippen LogP) is 3.00. The second-order valence-electron chi connectivity index (χ2n) is 3.67. The van der Waals surface area contributed by atoms with Crippen molar-refractivity contribution in [1.29, 1.82) is 0 Å². The molecule has 0 amide bonds. The van der Waals surface area contributed by atoms with Crippen molar-refractivity contribution in [2.75, 3.05) is 6.54 Å². The zero-order chi connectivity index (χ0) is 9.54. The molecule has 2 heterocycles. The number of hydrogen-bond donors (Lipinski definition) is 2. The summed E-state index contributed by atoms with van der Waals surface area (Å²) in [5, 5.41) is 4.75. The quantitative estimate of drug-likeness (QED) is 0.766. The lowest BCUT2D eigenvalue weighted by Gasteiger charge is -2.12. The number of para-hydroxylation sites is 1. The summed E-state index contributed by atoms with van der Waals surface area (Å²) >= 11 is 3.57. The minimum atomic E-state index is 0. The molecule has 0 atom stereocenters. The normalized spacial score (nSPS) is 14.7. The zero-order valence-corrected chi connectivity index (χ0v) is 10.5. The van der Waals surface area contributed by atoms with Crippen LogP contribution in [0.4, 0.5) is 0 Å². The van der Waals surface area contributed by atoms with Gasteiger partial charge in [0.25, 0.3) is 0 Å². The summed E-state index contributed by atoms with van der Waals surface area (Å²) < 4.78 is 1.16. The molecular formula is C11H12BrClN2. The number of rotatable bonds is 0. The van der Waals surface area contributed by atoms with Gasteiger partial charge in [-0.25, -0.2) is 0 Å². The predicted molar refractivity (Wildman–Crippen MR) is 68.7 cm³/mol. The van der Waals surface area contributed by atoms with Crippen molar-refractivity contribution < 1.29 is 0 Å². The topological polar surface area (TPSA) is 27.8 Å². The van der Waals surface area contributed by atoms with Gasteiger partial charge in [-0.2, -0.15) is 0 Å². The molecule has 1 aromatic heterocycles. The first kappa shape index (κ1) is 11.0. The van der Waals surface area contributed by atoms with Crippen LogP contribution in [0.1, 0.15) is 11.3 Å². The molecule has 2 aromatic rings. The summed E-state index contributed by atoms with van der Waals surface area (Å²) in [5.41, 5.74) is 4.07. The van der Waals surface area contributed by atoms with Gasteiger partial charge in [0.15, 0.2) is 0 Å². The van der Waals surface area contributed by atoms with Crippen LogP contribution in [0.2, 0.25) is 0 Å². The highest BCUT2D eigenvalue weighted by Crippen LogP contribution is 2.29. The Hall–Kier alpha value is -0.510. The van der Waals surface area contributed by atoms with E-state index in [4.69, 9.17) is 0 Å². The number of nitrogens with one attached hydrogen (secondary N) is 2. The van der Waals surface area contributed by atoms with Crippen LogP contribution >= 0.6 is 28.3 Å². The fourth-order valence-electron chi connectivity index (χ4n) is 2.15. The first-order valence-electron chi connectivity index (χ1n) is 4.85. The fraction of sp³-hybridized carbons (Fsp3) is 0.273. The van der Waals surface area contributed by atoms with Gasteiger partial charge in [-0.3, -0.25) is 0 Å². The monoisotopic (exact) mass is 286 g/mol. The smallest absolute Gasteiger partial charge is 0.0603 e. The minimum absolute atomic E-state index is 0. The third-order valence-electron chi connectivity index (χ3n) is 2.83. The number of benzene rings is 1. The van der Waals surface area contributed by atoms with Gasteiger partial charge in [0.1, 0.15) is 0 Å². The maximum absolute atomic E-state index is 3.57. The van der Waals surface area contributed by atoms with Crippen molar-refractivity contribution in [2.24, 2.45) is 0 Å². The molecule has 4 heteroatoms. The summed E-state index contributed by atoms with van der Waals surface area (Å²) in [5.74, 6) is 0. The van der Waals surface area contributed by atoms with Gasteiger partial charge in [-0.1, -0.05) is 12.1 Å². The van der Waals surface area contributed by atoms with E-state index in [1.165, 1.54) is 22.2 Å². The third-order valence-corrected chi connectivity index (χ3v) is 3.49. The van der Waals surface area contributed by atoms with Crippen LogP contribution in [0.15, 0.2) is 22.7 Å². The summed E-state index contributed by atoms with van der Waals surface area (Å²) in [4.78, 5) is 3.47. The second-order valence-corrected chi connectivity index (χ2v) is 4.53. The van der Waals surface area contributed by atoms with Crippen molar-refractivity contribution in [2.45, 2.75) is 13.0 Å². The van der Waals surface area contributed by atoms with E-state index in [-0.39, 0.29) is 12.4 Å². The van der Waals surface area contributed by atoms with Crippen LogP contribution in [0.25, 0.3) is 10.9 Å². The average molecular weight is 288 g/mol. The Kier molecular flexibility index (Phi) is 3.05. The van der Waals surface area contributed by atoms with E-state index in [0.29, 0.717) is 0 Å². The molecule has 15 heavy (non-hydrogen) atoms. The summed E-state index contributed by atoms with van der Waals surface area (Å²) in [7, 11) is 0. The Labute approximate surface area is 103 Å². The molecule has 0 fully saturated rings. The van der Waals surface area contributed by atoms with E-state index in [0.717, 1.165) is 24.0 Å². The van der Waals surface area contributed by atoms with E-state index >= 15 is 0 Å². The van der Waals surface area contributed by atoms with E-state index in [1.54, 1.807) is 0 Å². The number of H-pyrrole nitrogens is 1. The molecule has 1 aliphatic rings. The average Bonchev–Trinajstić information content (AvgIpc) is 2.59. The van der Waals surface area contributed by atoms with Crippen molar-refractivity contribution >= 4 is 39.2 Å². The van der Waals surface area contributed by atoms with E-state index in [1.807, 2.05) is 0 Å². The zero-order valence-electron chi connectivity index (χ0n) is 8.14. The molecule has 0 saturated carbocycles. The maximum atomic E-state index is 3.57. The number of fused-ring (bicyclic) bond motifs is 3. The molecule has 0 spiro atoms. The molecule has 0 radical (unpaired) electrons. The van der Waals surface area contributed by atoms with Crippen LogP contribution in [0.5, 0.6) is 0 Å². The SMILES string of the molecule is Brc1cccc2c3c([nH]c12)CNCC3.Cl. The van der Waals surface area contributed by atoms with Crippen molar-refractivity contribution in [3.05, 3.63) is 33.9 Å². The number of halogens is 2. The molecule has 3 rings (SSSR count). The van der Waals surface area contributed by atoms with Gasteiger partial charge in [-0.15, -0.1) is 12.4 Å². The number of hydrogen-bond acceptors (Lipinski definition) is 1. The van der Waals surface area contributed by atoms with Gasteiger partial charge < -0.3 is 10.3 Å². The highest BCUT2D eigenvalue weighted by Gasteiger charge is 2.15. The van der Waals surface area contributed by atoms with Crippen molar-refractivity contribution in [3.63, 3.8) is 0 Å². The van der Waals surface area contributed by atoms with E-state index in [9.17, 15) is 0 Å². The summed E-state index contributed by atoms with van der Waals surface area (Å²) in [6.07, 6.45) is 1.13. The molecular weight excluding hydrogens is 275 g/mol. The molecule has 2 N–H and O–H groups in total. The Morgan fingerprint density at radius 2 is 2.13 bits per heavy atom. The molecule has 0 unspecified atom stereocenters. The highest BCUT2D eigenvalue weighted by molar-refractivity contribution is 9.10. The Morgan fingerprint density at radius 3 is 3.00 bits per heavy atom. The summed E-state index contributed by atoms with van der Waals surface area (Å²) in [6.45, 7) is 2.06. The minimum Gasteiger partial charge on any atom is -0.356 e. The summed E-state index contributed by atoms with van der Waals surface area (Å²) in [6, 6.07) is 6.38. The largest absolute Gasteiger partial charge is 0.356 e. The van der Waals surface area contributed by atoms with Crippen LogP contribution < -0.4 is 5.32 Å². The number of aromatic amines is 1. The molecule has 2 nitrogen and oxygen atoms in total. The highest BCUT2D eigenvalue weighted by atomic mass is 79.9. The van der Waals surface area contributed by atoms with Gasteiger partial charge in [0, 0.05) is 22.1 Å². The van der Waals surface area contributed by atoms with Gasteiger partial charge >= 0.3 is 0 Å². The third kappa shape index (κ3) is 1.69. The molecule has 1 aromatic carbocycles.